The smallest absolute Gasteiger partial charge is 0.341 e. The second kappa shape index (κ2) is 8.75. The van der Waals surface area contributed by atoms with Crippen LogP contribution < -0.4 is 5.32 Å². The number of carbonyl (C=O) groups is 3. The van der Waals surface area contributed by atoms with Gasteiger partial charge in [0.05, 0.1) is 31.9 Å². The Bertz CT molecular complexity index is 674. The van der Waals surface area contributed by atoms with Crippen LogP contribution >= 0.6 is 11.3 Å². The third kappa shape index (κ3) is 4.31. The molecule has 1 saturated heterocycles. The molecule has 1 aliphatic carbocycles. The number of thiophene rings is 1. The molecule has 2 fully saturated rings. The first-order chi connectivity index (χ1) is 12.6. The van der Waals surface area contributed by atoms with Crippen LogP contribution in [0.1, 0.15) is 36.5 Å². The van der Waals surface area contributed by atoms with E-state index < -0.39 is 5.97 Å². The Hall–Kier alpha value is -1.77. The standard InChI is InChI=1S/C18H24N2O5S/c1-2-25-18(23)13-6-9-26-17(13)19-16(22)10-20-7-8-24-11-14(20)12-4-3-5-15(12)21/h6,9,12,14H,2-5,7-8,10-11H2,1H3,(H,19,22)/t12-,14-/m0/s1. The van der Waals surface area contributed by atoms with Crippen LogP contribution in [0, 0.1) is 5.92 Å². The fourth-order valence-electron chi connectivity index (χ4n) is 3.60. The Labute approximate surface area is 156 Å². The molecule has 142 valence electrons. The molecule has 0 bridgehead atoms. The Kier molecular flexibility index (Phi) is 6.39. The van der Waals surface area contributed by atoms with Gasteiger partial charge >= 0.3 is 5.97 Å². The number of esters is 1. The predicted octanol–water partition coefficient (Wildman–Crippen LogP) is 1.93. The van der Waals surface area contributed by atoms with Crippen molar-refractivity contribution in [1.82, 2.24) is 4.90 Å². The van der Waals surface area contributed by atoms with Gasteiger partial charge in [-0.2, -0.15) is 0 Å². The largest absolute Gasteiger partial charge is 0.462 e. The fraction of sp³-hybridized carbons (Fsp3) is 0.611. The summed E-state index contributed by atoms with van der Waals surface area (Å²) >= 11 is 1.29. The highest BCUT2D eigenvalue weighted by Crippen LogP contribution is 2.29. The van der Waals surface area contributed by atoms with E-state index in [1.54, 1.807) is 18.4 Å². The molecule has 2 atom stereocenters. The molecule has 0 radical (unpaired) electrons. The number of Topliss-reactive ketones (excluding diaryl/α,β-unsaturated/α-hetero) is 1. The molecule has 3 rings (SSSR count). The zero-order valence-electron chi connectivity index (χ0n) is 14.9. The molecule has 1 saturated carbocycles. The first kappa shape index (κ1) is 19.0. The summed E-state index contributed by atoms with van der Waals surface area (Å²) in [6.45, 7) is 3.86. The molecule has 2 heterocycles. The molecule has 0 unspecified atom stereocenters. The van der Waals surface area contributed by atoms with Crippen LogP contribution in [-0.2, 0) is 19.1 Å². The van der Waals surface area contributed by atoms with E-state index in [1.807, 2.05) is 4.90 Å². The number of nitrogens with one attached hydrogen (secondary N) is 1. The first-order valence-electron chi connectivity index (χ1n) is 8.99. The molecule has 8 heteroatoms. The van der Waals surface area contributed by atoms with E-state index >= 15 is 0 Å². The lowest BCUT2D eigenvalue weighted by Gasteiger charge is -2.37. The number of anilines is 1. The van der Waals surface area contributed by atoms with Gasteiger partial charge in [0.15, 0.2) is 0 Å². The second-order valence-electron chi connectivity index (χ2n) is 6.51. The number of hydrogen-bond donors (Lipinski definition) is 1. The number of hydrogen-bond acceptors (Lipinski definition) is 7. The maximum absolute atomic E-state index is 12.5. The van der Waals surface area contributed by atoms with Crippen LogP contribution in [0.25, 0.3) is 0 Å². The highest BCUT2D eigenvalue weighted by Gasteiger charge is 2.38. The minimum atomic E-state index is -0.440. The van der Waals surface area contributed by atoms with Gasteiger partial charge in [0.25, 0.3) is 0 Å². The summed E-state index contributed by atoms with van der Waals surface area (Å²) in [5.74, 6) is -0.408. The number of ether oxygens (including phenoxy) is 2. The van der Waals surface area contributed by atoms with Crippen molar-refractivity contribution >= 4 is 34.0 Å². The summed E-state index contributed by atoms with van der Waals surface area (Å²) < 4.78 is 10.6. The number of carbonyl (C=O) groups excluding carboxylic acids is 3. The fourth-order valence-corrected chi connectivity index (χ4v) is 4.39. The number of ketones is 1. The molecule has 2 aliphatic rings. The van der Waals surface area contributed by atoms with E-state index in [9.17, 15) is 14.4 Å². The molecule has 1 amide bonds. The number of nitrogens with zero attached hydrogens (tertiary/aromatic N) is 1. The van der Waals surface area contributed by atoms with Crippen molar-refractivity contribution in [3.05, 3.63) is 17.0 Å². The van der Waals surface area contributed by atoms with Gasteiger partial charge in [-0.1, -0.05) is 0 Å². The third-order valence-corrected chi connectivity index (χ3v) is 5.69. The van der Waals surface area contributed by atoms with Gasteiger partial charge in [0.1, 0.15) is 10.8 Å². The van der Waals surface area contributed by atoms with Crippen LogP contribution in [0.5, 0.6) is 0 Å². The molecule has 1 aliphatic heterocycles. The Morgan fingerprint density at radius 1 is 1.46 bits per heavy atom. The molecule has 26 heavy (non-hydrogen) atoms. The van der Waals surface area contributed by atoms with E-state index in [0.717, 1.165) is 12.8 Å². The SMILES string of the molecule is CCOC(=O)c1ccsc1NC(=O)CN1CCOC[C@H]1[C@@H]1CCCC1=O. The summed E-state index contributed by atoms with van der Waals surface area (Å²) in [6, 6.07) is 1.60. The maximum atomic E-state index is 12.5. The summed E-state index contributed by atoms with van der Waals surface area (Å²) in [7, 11) is 0. The second-order valence-corrected chi connectivity index (χ2v) is 7.43. The van der Waals surface area contributed by atoms with Crippen molar-refractivity contribution in [2.45, 2.75) is 32.2 Å². The highest BCUT2D eigenvalue weighted by molar-refractivity contribution is 7.14. The van der Waals surface area contributed by atoms with Gasteiger partial charge in [-0.05, 0) is 31.2 Å². The lowest BCUT2D eigenvalue weighted by molar-refractivity contribution is -0.128. The first-order valence-corrected chi connectivity index (χ1v) is 9.87. The molecule has 1 aromatic rings. The lowest BCUT2D eigenvalue weighted by atomic mass is 9.95. The highest BCUT2D eigenvalue weighted by atomic mass is 32.1. The number of amides is 1. The van der Waals surface area contributed by atoms with Crippen molar-refractivity contribution in [1.29, 1.82) is 0 Å². The van der Waals surface area contributed by atoms with Gasteiger partial charge in [-0.25, -0.2) is 4.79 Å². The van der Waals surface area contributed by atoms with Gasteiger partial charge in [0, 0.05) is 24.9 Å². The van der Waals surface area contributed by atoms with Crippen molar-refractivity contribution in [3.8, 4) is 0 Å². The maximum Gasteiger partial charge on any atom is 0.341 e. The average Bonchev–Trinajstić information content (AvgIpc) is 3.24. The van der Waals surface area contributed by atoms with Gasteiger partial charge in [0.2, 0.25) is 5.91 Å². The lowest BCUT2D eigenvalue weighted by Crippen LogP contribution is -2.52. The van der Waals surface area contributed by atoms with Gasteiger partial charge in [-0.15, -0.1) is 11.3 Å². The molecule has 0 aromatic carbocycles. The van der Waals surface area contributed by atoms with Crippen LogP contribution in [0.3, 0.4) is 0 Å². The minimum Gasteiger partial charge on any atom is -0.462 e. The Morgan fingerprint density at radius 3 is 3.04 bits per heavy atom. The van der Waals surface area contributed by atoms with E-state index in [4.69, 9.17) is 9.47 Å². The normalized spacial score (nSPS) is 23.8. The molecule has 1 aromatic heterocycles. The van der Waals surface area contributed by atoms with Crippen LogP contribution in [-0.4, -0.2) is 61.5 Å². The third-order valence-electron chi connectivity index (χ3n) is 4.86. The summed E-state index contributed by atoms with van der Waals surface area (Å²) in [5, 5.41) is 5.05. The van der Waals surface area contributed by atoms with E-state index in [0.29, 0.717) is 36.7 Å². The monoisotopic (exact) mass is 380 g/mol. The molecular formula is C18H24N2O5S. The van der Waals surface area contributed by atoms with E-state index in [1.165, 1.54) is 11.3 Å². The number of rotatable bonds is 6. The van der Waals surface area contributed by atoms with E-state index in [-0.39, 0.29) is 36.8 Å². The van der Waals surface area contributed by atoms with Crippen LogP contribution in [0.4, 0.5) is 5.00 Å². The quantitative estimate of drug-likeness (QED) is 0.759. The van der Waals surface area contributed by atoms with Crippen molar-refractivity contribution < 1.29 is 23.9 Å². The summed E-state index contributed by atoms with van der Waals surface area (Å²) in [4.78, 5) is 38.6. The summed E-state index contributed by atoms with van der Waals surface area (Å²) in [6.07, 6.45) is 2.40. The molecule has 1 N–H and O–H groups in total. The average molecular weight is 380 g/mol. The topological polar surface area (TPSA) is 84.9 Å². The predicted molar refractivity (Wildman–Crippen MR) is 97.4 cm³/mol. The molecular weight excluding hydrogens is 356 g/mol. The number of morpholine rings is 1. The van der Waals surface area contributed by atoms with E-state index in [2.05, 4.69) is 5.32 Å². The Morgan fingerprint density at radius 2 is 2.31 bits per heavy atom. The van der Waals surface area contributed by atoms with Crippen LogP contribution in [0.15, 0.2) is 11.4 Å². The molecule has 7 nitrogen and oxygen atoms in total. The van der Waals surface area contributed by atoms with Gasteiger partial charge in [-0.3, -0.25) is 14.5 Å². The van der Waals surface area contributed by atoms with Crippen molar-refractivity contribution in [3.63, 3.8) is 0 Å². The molecule has 0 spiro atoms. The van der Waals surface area contributed by atoms with Crippen LogP contribution in [0.2, 0.25) is 0 Å². The van der Waals surface area contributed by atoms with Crippen molar-refractivity contribution in [2.75, 3.05) is 38.2 Å². The zero-order valence-corrected chi connectivity index (χ0v) is 15.7. The minimum absolute atomic E-state index is 0.0417. The Balaban J connectivity index is 1.62. The summed E-state index contributed by atoms with van der Waals surface area (Å²) in [5.41, 5.74) is 0.370. The zero-order chi connectivity index (χ0) is 18.5. The van der Waals surface area contributed by atoms with Crippen molar-refractivity contribution in [2.24, 2.45) is 5.92 Å². The van der Waals surface area contributed by atoms with Gasteiger partial charge < -0.3 is 14.8 Å².